The molecule has 1 saturated heterocycles. The maximum Gasteiger partial charge on any atom is 0.480 e. The summed E-state index contributed by atoms with van der Waals surface area (Å²) in [6.45, 7) is 7.14. The molecule has 0 aromatic heterocycles. The average Bonchev–Trinajstić information content (AvgIpc) is 0.714. The van der Waals surface area contributed by atoms with Crippen LogP contribution in [0.3, 0.4) is 0 Å². The van der Waals surface area contributed by atoms with Crippen molar-refractivity contribution in [1.29, 1.82) is 0 Å². The molecule has 2 aliphatic rings. The average molecular weight is 1660 g/mol. The van der Waals surface area contributed by atoms with Gasteiger partial charge in [-0.2, -0.15) is 43.8 Å². The van der Waals surface area contributed by atoms with Gasteiger partial charge in [0.05, 0.1) is 41.0 Å². The molecule has 0 spiro atoms. The van der Waals surface area contributed by atoms with Crippen molar-refractivity contribution in [3.8, 4) is 0 Å². The molecule has 0 bridgehead atoms. The summed E-state index contributed by atoms with van der Waals surface area (Å²) in [5.41, 5.74) is -1.78. The fraction of sp³-hybridized carbons (Fsp3) is 0.400. The van der Waals surface area contributed by atoms with Gasteiger partial charge in [-0.1, -0.05) is 143 Å². The Morgan fingerprint density at radius 3 is 1.27 bits per heavy atom. The molecule has 6 aromatic carbocycles. The fourth-order valence-corrected chi connectivity index (χ4v) is 19.2. The SMILES string of the molecule is CCC(C)(C)c1ccc([IH+])cc1.CS(=O)(=O)[N-]S(=O)(=O)C(F)(F)C(F)(F)C(F)(F)S(=O)(=O)N1CCCCC1.CS(=O)(=O)[N-]S(C)(=O)=O.Cc1ccc(S(=O)(=O)[N-]S(=O)(=O)C(F)(F)F)cc1.[SH2+]c1ccccc1.c1ccc([S+](c2ccccc2)c2ccc(C3CCCCC3)cc2)cc1. The molecule has 1 aliphatic heterocycles. The van der Waals surface area contributed by atoms with Crippen LogP contribution in [0.4, 0.5) is 39.5 Å². The highest BCUT2D eigenvalue weighted by Gasteiger charge is 2.81. The van der Waals surface area contributed by atoms with Crippen LogP contribution in [-0.2, 0) is 99.1 Å². The first-order valence-corrected chi connectivity index (χ1v) is 42.9. The molecule has 542 valence electrons. The van der Waals surface area contributed by atoms with Gasteiger partial charge in [0.2, 0.25) is 0 Å². The minimum atomic E-state index is -7.06. The summed E-state index contributed by atoms with van der Waals surface area (Å²) < 4.78 is 277. The highest BCUT2D eigenvalue weighted by Crippen LogP contribution is 2.53. The van der Waals surface area contributed by atoms with Crippen molar-refractivity contribution in [2.75, 3.05) is 31.9 Å². The second-order valence-electron chi connectivity index (χ2n) is 22.1. The molecule has 1 saturated carbocycles. The molecule has 1 heterocycles. The van der Waals surface area contributed by atoms with Gasteiger partial charge in [0.15, 0.2) is 38.3 Å². The van der Waals surface area contributed by atoms with Crippen LogP contribution in [0.25, 0.3) is 12.4 Å². The van der Waals surface area contributed by atoms with E-state index in [1.807, 2.05) is 34.5 Å². The number of hydrogen-bond acceptors (Lipinski definition) is 14. The third-order valence-electron chi connectivity index (χ3n) is 13.8. The normalized spacial score (nSPS) is 15.0. The van der Waals surface area contributed by atoms with Gasteiger partial charge in [-0.15, -0.1) is 0 Å². The molecule has 0 atom stereocenters. The van der Waals surface area contributed by atoms with E-state index in [0.29, 0.717) is 29.9 Å². The minimum absolute atomic E-state index is 0.00101. The van der Waals surface area contributed by atoms with Gasteiger partial charge >= 0.3 is 21.9 Å². The molecule has 37 heteroatoms. The summed E-state index contributed by atoms with van der Waals surface area (Å²) in [7, 11) is -37.2. The third-order valence-corrected chi connectivity index (χ3v) is 27.0. The predicted octanol–water partition coefficient (Wildman–Crippen LogP) is 10.2. The van der Waals surface area contributed by atoms with Gasteiger partial charge in [0.1, 0.15) is 14.9 Å². The van der Waals surface area contributed by atoms with Crippen LogP contribution in [0.1, 0.15) is 101 Å². The maximum atomic E-state index is 13.9. The third kappa shape index (κ3) is 26.8. The molecular weight excluding hydrogens is 1590 g/mol. The highest BCUT2D eigenvalue weighted by atomic mass is 127. The molecular formula is C60H74F9IN4O14S9. The molecule has 97 heavy (non-hydrogen) atoms. The standard InChI is InChI=1S/C24H25S.C11H16I.C9H13F6N2O6S3.C8H7F3NO4S2.C6H6S.C2H6NO4S2/c1-4-10-20(11-5-1)21-16-18-24(19-17-21)25(22-12-6-2-7-13-22)23-14-8-3-9-15-23;1-4-11(2,3)9-5-7-10(12)8-6-9;1-24(18,19)16-25(20,21)8(12,13)7(10,11)9(14,15)26(22,23)17-5-3-2-4-6-17;1-6-2-4-7(5-3-6)17(13,14)12-18(15,16)8(9,10)11;7-6-4-2-1-3-5-6;1-8(4,5)3-9(2,6)7/h2-3,6-9,12-20H,1,4-5,10-11H2;5-8,12H,4H2,1-3H3;2-6H2,1H3;2-5H,1H3;1-5,7H;1-2H3/q2*+1;2*-1;;-1/p+1. The lowest BCUT2D eigenvalue weighted by Crippen LogP contribution is -3.34. The summed E-state index contributed by atoms with van der Waals surface area (Å²) in [6, 6.07) is 54.7. The zero-order valence-electron chi connectivity index (χ0n) is 53.0. The second-order valence-corrected chi connectivity index (χ2v) is 38.6. The summed E-state index contributed by atoms with van der Waals surface area (Å²) in [4.78, 5) is 4.69. The number of sulfonamides is 7. The van der Waals surface area contributed by atoms with Crippen LogP contribution in [0.2, 0.25) is 0 Å². The van der Waals surface area contributed by atoms with Crippen molar-refractivity contribution in [3.05, 3.63) is 196 Å². The Morgan fingerprint density at radius 1 is 0.495 bits per heavy atom. The molecule has 1 aliphatic carbocycles. The van der Waals surface area contributed by atoms with Gasteiger partial charge in [-0.25, -0.2) is 58.9 Å². The zero-order valence-corrected chi connectivity index (χ0v) is 62.9. The Bertz CT molecular complexity index is 4240. The van der Waals surface area contributed by atoms with E-state index in [0.717, 1.165) is 22.9 Å². The van der Waals surface area contributed by atoms with Crippen LogP contribution in [-0.4, -0.2) is 117 Å². The van der Waals surface area contributed by atoms with E-state index in [4.69, 9.17) is 0 Å². The van der Waals surface area contributed by atoms with E-state index in [1.165, 1.54) is 84.2 Å². The van der Waals surface area contributed by atoms with E-state index in [9.17, 15) is 98.4 Å². The van der Waals surface area contributed by atoms with Crippen molar-refractivity contribution in [1.82, 2.24) is 4.31 Å². The predicted molar refractivity (Wildman–Crippen MR) is 358 cm³/mol. The largest absolute Gasteiger partial charge is 0.480 e. The van der Waals surface area contributed by atoms with Crippen LogP contribution >= 0.6 is 0 Å². The van der Waals surface area contributed by atoms with Gasteiger partial charge < -0.3 is 12.4 Å². The minimum Gasteiger partial charge on any atom is -0.437 e. The highest BCUT2D eigenvalue weighted by molar-refractivity contribution is 8.13. The second kappa shape index (κ2) is 36.0. The van der Waals surface area contributed by atoms with Crippen molar-refractivity contribution < 1.29 is 121 Å². The Balaban J connectivity index is 0.000000320. The fourth-order valence-electron chi connectivity index (χ4n) is 8.54. The number of alkyl halides is 9. The molecule has 2 fully saturated rings. The lowest BCUT2D eigenvalue weighted by Gasteiger charge is -2.37. The summed E-state index contributed by atoms with van der Waals surface area (Å²) in [5, 5.41) is -13.4. The van der Waals surface area contributed by atoms with E-state index < -0.39 is 110 Å². The molecule has 0 radical (unpaired) electrons. The van der Waals surface area contributed by atoms with Crippen LogP contribution < -0.4 is 22.6 Å². The molecule has 8 rings (SSSR count). The van der Waals surface area contributed by atoms with Crippen LogP contribution in [0.15, 0.2) is 188 Å². The number of piperidine rings is 1. The molecule has 0 amide bonds. The summed E-state index contributed by atoms with van der Waals surface area (Å²) in [5.74, 6) is -6.23. The van der Waals surface area contributed by atoms with Crippen molar-refractivity contribution in [3.63, 3.8) is 0 Å². The maximum absolute atomic E-state index is 13.9. The first-order valence-electron chi connectivity index (χ1n) is 28.7. The summed E-state index contributed by atoms with van der Waals surface area (Å²) >= 11 is 5.41. The quantitative estimate of drug-likeness (QED) is 0.0439. The van der Waals surface area contributed by atoms with Crippen LogP contribution in [0.5, 0.6) is 0 Å². The molecule has 0 N–H and O–H groups in total. The molecule has 6 aromatic rings. The smallest absolute Gasteiger partial charge is 0.437 e. The number of benzene rings is 6. The number of halogens is 10. The Kier molecular flexibility index (Phi) is 32.2. The first-order chi connectivity index (χ1) is 44.3. The van der Waals surface area contributed by atoms with Crippen molar-refractivity contribution in [2.45, 2.75) is 143 Å². The van der Waals surface area contributed by atoms with E-state index in [1.54, 1.807) is 6.92 Å². The number of hydrogen-bond donors (Lipinski definition) is 0. The number of rotatable bonds is 18. The monoisotopic (exact) mass is 1660 g/mol. The zero-order chi connectivity index (χ0) is 73.9. The van der Waals surface area contributed by atoms with E-state index in [2.05, 4.69) is 169 Å². The first kappa shape index (κ1) is 86.8. The van der Waals surface area contributed by atoms with E-state index >= 15 is 0 Å². The molecule has 18 nitrogen and oxygen atoms in total. The Labute approximate surface area is 585 Å². The van der Waals surface area contributed by atoms with Gasteiger partial charge in [-0.3, -0.25) is 0 Å². The molecule has 0 unspecified atom stereocenters. The Hall–Kier alpha value is -4.39. The number of nitrogens with zero attached hydrogens (tertiary/aromatic N) is 4. The van der Waals surface area contributed by atoms with E-state index in [-0.39, 0.29) is 34.3 Å². The Morgan fingerprint density at radius 2 is 0.897 bits per heavy atom. The topological polar surface area (TPSA) is 285 Å². The van der Waals surface area contributed by atoms with Gasteiger partial charge in [0, 0.05) is 36.8 Å². The van der Waals surface area contributed by atoms with Gasteiger partial charge in [-0.05, 0) is 147 Å². The lowest BCUT2D eigenvalue weighted by atomic mass is 9.82. The number of aryl methyl sites for hydroxylation is 1. The summed E-state index contributed by atoms with van der Waals surface area (Å²) in [6.07, 6.45) is 9.87. The van der Waals surface area contributed by atoms with Crippen molar-refractivity contribution in [2.24, 2.45) is 0 Å². The lowest BCUT2D eigenvalue weighted by molar-refractivity contribution is -0.328. The van der Waals surface area contributed by atoms with Gasteiger partial charge in [0.25, 0.3) is 32.6 Å². The van der Waals surface area contributed by atoms with Crippen molar-refractivity contribution >= 4 is 93.7 Å². The van der Waals surface area contributed by atoms with Crippen LogP contribution in [0, 0.1) is 10.5 Å².